The number of carbonyl (C=O) groups excluding carboxylic acids is 2. The van der Waals surface area contributed by atoms with Gasteiger partial charge in [-0.05, 0) is 36.8 Å². The fraction of sp³-hybridized carbons (Fsp3) is 0.391. The Morgan fingerprint density at radius 2 is 1.59 bits per heavy atom. The second kappa shape index (κ2) is 10.9. The van der Waals surface area contributed by atoms with Crippen LogP contribution in [-0.4, -0.2) is 60.2 Å². The van der Waals surface area contributed by atoms with Crippen LogP contribution in [-0.2, 0) is 11.2 Å². The van der Waals surface area contributed by atoms with Gasteiger partial charge in [0, 0.05) is 37.6 Å². The normalized spacial score (nSPS) is 14.0. The molecule has 0 bridgehead atoms. The van der Waals surface area contributed by atoms with Gasteiger partial charge in [0.25, 0.3) is 0 Å². The maximum absolute atomic E-state index is 12.5. The Morgan fingerprint density at radius 1 is 0.931 bits per heavy atom. The summed E-state index contributed by atoms with van der Waals surface area (Å²) in [6.07, 6.45) is 1.35. The van der Waals surface area contributed by atoms with Crippen molar-refractivity contribution in [1.29, 1.82) is 0 Å². The van der Waals surface area contributed by atoms with Crippen LogP contribution >= 0.6 is 11.8 Å². The van der Waals surface area contributed by atoms with Crippen LogP contribution in [0.1, 0.15) is 17.5 Å². The first-order chi connectivity index (χ1) is 14.1. The van der Waals surface area contributed by atoms with Crippen LogP contribution in [0.2, 0.25) is 0 Å². The Kier molecular flexibility index (Phi) is 7.99. The van der Waals surface area contributed by atoms with Gasteiger partial charge in [-0.15, -0.1) is 11.8 Å². The van der Waals surface area contributed by atoms with Crippen LogP contribution in [0.3, 0.4) is 0 Å². The smallest absolute Gasteiger partial charge is 0.317 e. The molecule has 5 nitrogen and oxygen atoms in total. The van der Waals surface area contributed by atoms with E-state index in [2.05, 4.69) is 17.4 Å². The molecule has 6 heteroatoms. The minimum absolute atomic E-state index is 0.0275. The molecule has 0 unspecified atom stereocenters. The van der Waals surface area contributed by atoms with Crippen LogP contribution in [0, 0.1) is 6.92 Å². The number of aryl methyl sites for hydroxylation is 1. The zero-order valence-corrected chi connectivity index (χ0v) is 17.8. The summed E-state index contributed by atoms with van der Waals surface area (Å²) in [6, 6.07) is 18.3. The Hall–Kier alpha value is -2.47. The monoisotopic (exact) mass is 411 g/mol. The number of urea groups is 1. The molecular formula is C23H29N3O2S. The maximum atomic E-state index is 12.5. The Morgan fingerprint density at radius 3 is 2.28 bits per heavy atom. The molecule has 0 aromatic heterocycles. The molecule has 3 amide bonds. The van der Waals surface area contributed by atoms with E-state index in [9.17, 15) is 9.59 Å². The van der Waals surface area contributed by atoms with Crippen molar-refractivity contribution in [3.05, 3.63) is 65.7 Å². The van der Waals surface area contributed by atoms with Gasteiger partial charge in [0.05, 0.1) is 6.42 Å². The van der Waals surface area contributed by atoms with E-state index in [-0.39, 0.29) is 11.9 Å². The highest BCUT2D eigenvalue weighted by Gasteiger charge is 2.23. The van der Waals surface area contributed by atoms with Crippen LogP contribution in [0.4, 0.5) is 4.79 Å². The lowest BCUT2D eigenvalue weighted by Gasteiger charge is -2.34. The molecule has 1 fully saturated rings. The van der Waals surface area contributed by atoms with E-state index < -0.39 is 0 Å². The SMILES string of the molecule is Cc1ccc(CC(=O)N2CCN(C(=O)NCCCSc3ccccc3)CC2)cc1. The average Bonchev–Trinajstić information content (AvgIpc) is 2.76. The largest absolute Gasteiger partial charge is 0.339 e. The number of nitrogens with zero attached hydrogens (tertiary/aromatic N) is 2. The third kappa shape index (κ3) is 6.82. The highest BCUT2D eigenvalue weighted by atomic mass is 32.2. The molecule has 0 spiro atoms. The molecule has 1 heterocycles. The number of piperazine rings is 1. The summed E-state index contributed by atoms with van der Waals surface area (Å²) < 4.78 is 0. The molecule has 2 aromatic rings. The van der Waals surface area contributed by atoms with E-state index in [0.29, 0.717) is 39.1 Å². The van der Waals surface area contributed by atoms with Crippen molar-refractivity contribution < 1.29 is 9.59 Å². The lowest BCUT2D eigenvalue weighted by molar-refractivity contribution is -0.131. The van der Waals surface area contributed by atoms with Crippen molar-refractivity contribution in [2.24, 2.45) is 0 Å². The summed E-state index contributed by atoms with van der Waals surface area (Å²) in [7, 11) is 0. The first-order valence-corrected chi connectivity index (χ1v) is 11.1. The van der Waals surface area contributed by atoms with Gasteiger partial charge in [-0.25, -0.2) is 4.79 Å². The molecule has 29 heavy (non-hydrogen) atoms. The number of nitrogens with one attached hydrogen (secondary N) is 1. The Balaban J connectivity index is 1.31. The number of hydrogen-bond acceptors (Lipinski definition) is 3. The van der Waals surface area contributed by atoms with Gasteiger partial charge in [0.1, 0.15) is 0 Å². The van der Waals surface area contributed by atoms with Crippen LogP contribution in [0.15, 0.2) is 59.5 Å². The van der Waals surface area contributed by atoms with Crippen LogP contribution < -0.4 is 5.32 Å². The van der Waals surface area contributed by atoms with Crippen molar-refractivity contribution in [3.63, 3.8) is 0 Å². The molecule has 1 N–H and O–H groups in total. The molecule has 1 aliphatic heterocycles. The van der Waals surface area contributed by atoms with Crippen molar-refractivity contribution in [1.82, 2.24) is 15.1 Å². The van der Waals surface area contributed by atoms with Crippen molar-refractivity contribution in [2.75, 3.05) is 38.5 Å². The first kappa shape index (κ1) is 21.2. The molecular weight excluding hydrogens is 382 g/mol. The minimum atomic E-state index is -0.0275. The van der Waals surface area contributed by atoms with E-state index >= 15 is 0 Å². The molecule has 1 aliphatic rings. The Bertz CT molecular complexity index is 788. The summed E-state index contributed by atoms with van der Waals surface area (Å²) in [5.74, 6) is 1.11. The molecule has 154 valence electrons. The fourth-order valence-corrected chi connectivity index (χ4v) is 4.11. The lowest BCUT2D eigenvalue weighted by atomic mass is 10.1. The molecule has 0 atom stereocenters. The zero-order chi connectivity index (χ0) is 20.5. The van der Waals surface area contributed by atoms with Crippen molar-refractivity contribution >= 4 is 23.7 Å². The summed E-state index contributed by atoms with van der Waals surface area (Å²) in [5.41, 5.74) is 2.23. The van der Waals surface area contributed by atoms with Crippen LogP contribution in [0.5, 0.6) is 0 Å². The zero-order valence-electron chi connectivity index (χ0n) is 17.0. The van der Waals surface area contributed by atoms with Gasteiger partial charge in [-0.1, -0.05) is 48.0 Å². The maximum Gasteiger partial charge on any atom is 0.317 e. The molecule has 3 rings (SSSR count). The van der Waals surface area contributed by atoms with Gasteiger partial charge in [-0.2, -0.15) is 0 Å². The predicted octanol–water partition coefficient (Wildman–Crippen LogP) is 3.57. The standard InChI is InChI=1S/C23H29N3O2S/c1-19-8-10-20(11-9-19)18-22(27)25-13-15-26(16-14-25)23(28)24-12-5-17-29-21-6-3-2-4-7-21/h2-4,6-11H,5,12-18H2,1H3,(H,24,28). The van der Waals surface area contributed by atoms with Gasteiger partial charge in [0.2, 0.25) is 5.91 Å². The van der Waals surface area contributed by atoms with Crippen molar-refractivity contribution in [2.45, 2.75) is 24.7 Å². The predicted molar refractivity (Wildman–Crippen MR) is 118 cm³/mol. The summed E-state index contributed by atoms with van der Waals surface area (Å²) in [4.78, 5) is 29.8. The second-order valence-electron chi connectivity index (χ2n) is 7.28. The lowest BCUT2D eigenvalue weighted by Crippen LogP contribution is -2.53. The second-order valence-corrected chi connectivity index (χ2v) is 8.45. The van der Waals surface area contributed by atoms with Crippen LogP contribution in [0.25, 0.3) is 0 Å². The highest BCUT2D eigenvalue weighted by molar-refractivity contribution is 7.99. The van der Waals surface area contributed by atoms with Gasteiger partial charge < -0.3 is 15.1 Å². The fourth-order valence-electron chi connectivity index (χ4n) is 3.24. The molecule has 0 aliphatic carbocycles. The number of thioether (sulfide) groups is 1. The quantitative estimate of drug-likeness (QED) is 0.560. The number of amides is 3. The summed E-state index contributed by atoms with van der Waals surface area (Å²) in [5, 5.41) is 3.00. The van der Waals surface area contributed by atoms with Gasteiger partial charge in [0.15, 0.2) is 0 Å². The minimum Gasteiger partial charge on any atom is -0.339 e. The number of carbonyl (C=O) groups is 2. The molecule has 0 radical (unpaired) electrons. The number of benzene rings is 2. The third-order valence-corrected chi connectivity index (χ3v) is 6.10. The van der Waals surface area contributed by atoms with E-state index in [0.717, 1.165) is 17.7 Å². The third-order valence-electron chi connectivity index (χ3n) is 5.00. The van der Waals surface area contributed by atoms with Gasteiger partial charge >= 0.3 is 6.03 Å². The highest BCUT2D eigenvalue weighted by Crippen LogP contribution is 2.17. The first-order valence-electron chi connectivity index (χ1n) is 10.2. The Labute approximate surface area is 177 Å². The van der Waals surface area contributed by atoms with E-state index in [1.807, 2.05) is 54.3 Å². The van der Waals surface area contributed by atoms with E-state index in [4.69, 9.17) is 0 Å². The number of rotatable bonds is 7. The molecule has 2 aromatic carbocycles. The van der Waals surface area contributed by atoms with Crippen molar-refractivity contribution in [3.8, 4) is 0 Å². The van der Waals surface area contributed by atoms with Gasteiger partial charge in [-0.3, -0.25) is 4.79 Å². The topological polar surface area (TPSA) is 52.7 Å². The molecule has 1 saturated heterocycles. The van der Waals surface area contributed by atoms with E-state index in [1.165, 1.54) is 10.5 Å². The summed E-state index contributed by atoms with van der Waals surface area (Å²) in [6.45, 7) is 5.08. The summed E-state index contributed by atoms with van der Waals surface area (Å²) >= 11 is 1.80. The average molecular weight is 412 g/mol. The number of hydrogen-bond donors (Lipinski definition) is 1. The molecule has 0 saturated carbocycles. The van der Waals surface area contributed by atoms with E-state index in [1.54, 1.807) is 16.7 Å².